The van der Waals surface area contributed by atoms with Crippen LogP contribution in [-0.2, 0) is 28.4 Å². The van der Waals surface area contributed by atoms with E-state index < -0.39 is 0 Å². The maximum Gasteiger partial charge on any atom is 0.0809 e. The SMILES string of the molecule is CCCCCCCCCC[C@@H]1COCCOCCOCCOCCOCCO1. The Morgan fingerprint density at radius 1 is 0.500 bits per heavy atom. The summed E-state index contributed by atoms with van der Waals surface area (Å²) in [5.41, 5.74) is 0. The maximum atomic E-state index is 6.00. The lowest BCUT2D eigenvalue weighted by Crippen LogP contribution is -2.24. The van der Waals surface area contributed by atoms with Gasteiger partial charge in [0.25, 0.3) is 0 Å². The smallest absolute Gasteiger partial charge is 0.0809 e. The number of hydrogen-bond acceptors (Lipinski definition) is 6. The summed E-state index contributed by atoms with van der Waals surface area (Å²) in [4.78, 5) is 0. The molecule has 0 amide bonds. The van der Waals surface area contributed by atoms with Gasteiger partial charge in [-0.1, -0.05) is 58.3 Å². The van der Waals surface area contributed by atoms with E-state index in [2.05, 4.69) is 6.92 Å². The lowest BCUT2D eigenvalue weighted by Gasteiger charge is -2.18. The second-order valence-corrected chi connectivity index (χ2v) is 7.28. The predicted molar refractivity (Wildman–Crippen MR) is 111 cm³/mol. The molecular weight excluding hydrogens is 360 g/mol. The lowest BCUT2D eigenvalue weighted by molar-refractivity contribution is -0.0628. The van der Waals surface area contributed by atoms with Crippen molar-refractivity contribution in [2.75, 3.05) is 72.7 Å². The number of ether oxygens (including phenoxy) is 6. The van der Waals surface area contributed by atoms with Crippen molar-refractivity contribution in [2.24, 2.45) is 0 Å². The average molecular weight is 405 g/mol. The van der Waals surface area contributed by atoms with E-state index in [9.17, 15) is 0 Å². The minimum Gasteiger partial charge on any atom is -0.377 e. The molecule has 1 atom stereocenters. The van der Waals surface area contributed by atoms with Crippen LogP contribution in [0.5, 0.6) is 0 Å². The summed E-state index contributed by atoms with van der Waals surface area (Å²) in [6.45, 7) is 8.79. The molecule has 0 N–H and O–H groups in total. The molecule has 0 aliphatic carbocycles. The van der Waals surface area contributed by atoms with Gasteiger partial charge in [-0.2, -0.15) is 0 Å². The van der Waals surface area contributed by atoms with Gasteiger partial charge in [0.15, 0.2) is 0 Å². The third-order valence-electron chi connectivity index (χ3n) is 4.75. The monoisotopic (exact) mass is 404 g/mol. The van der Waals surface area contributed by atoms with Crippen molar-refractivity contribution in [3.05, 3.63) is 0 Å². The van der Waals surface area contributed by atoms with E-state index >= 15 is 0 Å². The van der Waals surface area contributed by atoms with Crippen LogP contribution in [0.2, 0.25) is 0 Å². The molecule has 28 heavy (non-hydrogen) atoms. The highest BCUT2D eigenvalue weighted by Crippen LogP contribution is 2.12. The molecule has 0 radical (unpaired) electrons. The van der Waals surface area contributed by atoms with Crippen LogP contribution in [0.15, 0.2) is 0 Å². The first-order chi connectivity index (χ1) is 13.9. The van der Waals surface area contributed by atoms with Crippen LogP contribution in [0.25, 0.3) is 0 Å². The molecule has 1 rings (SSSR count). The van der Waals surface area contributed by atoms with Crippen LogP contribution in [-0.4, -0.2) is 78.8 Å². The first-order valence-corrected chi connectivity index (χ1v) is 11.4. The molecule has 6 nitrogen and oxygen atoms in total. The van der Waals surface area contributed by atoms with Gasteiger partial charge in [-0.15, -0.1) is 0 Å². The molecule has 0 unspecified atom stereocenters. The van der Waals surface area contributed by atoms with Gasteiger partial charge in [0.05, 0.1) is 78.8 Å². The van der Waals surface area contributed by atoms with E-state index in [0.29, 0.717) is 72.7 Å². The van der Waals surface area contributed by atoms with Gasteiger partial charge in [0.1, 0.15) is 0 Å². The molecule has 1 saturated heterocycles. The Labute approximate surface area is 172 Å². The summed E-state index contributed by atoms with van der Waals surface area (Å²) in [6.07, 6.45) is 11.8. The third-order valence-corrected chi connectivity index (χ3v) is 4.75. The molecule has 0 saturated carbocycles. The third kappa shape index (κ3) is 17.8. The highest BCUT2D eigenvalue weighted by Gasteiger charge is 2.10. The van der Waals surface area contributed by atoms with Gasteiger partial charge in [-0.3, -0.25) is 0 Å². The van der Waals surface area contributed by atoms with E-state index in [1.165, 1.54) is 51.4 Å². The Hall–Kier alpha value is -0.240. The molecule has 0 aromatic carbocycles. The molecule has 1 fully saturated rings. The summed E-state index contributed by atoms with van der Waals surface area (Å²) in [5.74, 6) is 0. The quantitative estimate of drug-likeness (QED) is 0.542. The van der Waals surface area contributed by atoms with E-state index in [0.717, 1.165) is 6.42 Å². The van der Waals surface area contributed by atoms with Gasteiger partial charge >= 0.3 is 0 Å². The highest BCUT2D eigenvalue weighted by molar-refractivity contribution is 4.59. The van der Waals surface area contributed by atoms with Crippen molar-refractivity contribution in [3.8, 4) is 0 Å². The van der Waals surface area contributed by atoms with E-state index in [1.807, 2.05) is 0 Å². The topological polar surface area (TPSA) is 55.4 Å². The fraction of sp³-hybridized carbons (Fsp3) is 1.00. The molecule has 6 heteroatoms. The van der Waals surface area contributed by atoms with Crippen LogP contribution in [0.3, 0.4) is 0 Å². The minimum absolute atomic E-state index is 0.141. The average Bonchev–Trinajstić information content (AvgIpc) is 2.71. The zero-order valence-electron chi connectivity index (χ0n) is 18.2. The summed E-state index contributed by atoms with van der Waals surface area (Å²) < 4.78 is 33.7. The van der Waals surface area contributed by atoms with Gasteiger partial charge in [0.2, 0.25) is 0 Å². The van der Waals surface area contributed by atoms with Crippen LogP contribution in [0, 0.1) is 0 Å². The summed E-state index contributed by atoms with van der Waals surface area (Å²) in [5, 5.41) is 0. The molecule has 0 aromatic heterocycles. The van der Waals surface area contributed by atoms with E-state index in [1.54, 1.807) is 0 Å². The van der Waals surface area contributed by atoms with Crippen LogP contribution in [0.4, 0.5) is 0 Å². The molecule has 1 heterocycles. The molecule has 168 valence electrons. The summed E-state index contributed by atoms with van der Waals surface area (Å²) in [6, 6.07) is 0. The normalized spacial score (nSPS) is 22.4. The predicted octanol–water partition coefficient (Wildman–Crippen LogP) is 4.00. The second-order valence-electron chi connectivity index (χ2n) is 7.28. The molecular formula is C22H44O6. The van der Waals surface area contributed by atoms with Crippen molar-refractivity contribution < 1.29 is 28.4 Å². The van der Waals surface area contributed by atoms with Crippen molar-refractivity contribution in [2.45, 2.75) is 70.8 Å². The number of unbranched alkanes of at least 4 members (excludes halogenated alkanes) is 7. The Morgan fingerprint density at radius 2 is 0.929 bits per heavy atom. The standard InChI is InChI=1S/C22H44O6/c1-2-3-4-5-6-7-8-9-10-22-21-27-18-17-25-14-13-23-11-12-24-15-16-26-19-20-28-22/h22H,2-21H2,1H3/t22-/m1/s1. The van der Waals surface area contributed by atoms with Gasteiger partial charge in [-0.25, -0.2) is 0 Å². The Balaban J connectivity index is 2.15. The number of rotatable bonds is 9. The fourth-order valence-corrected chi connectivity index (χ4v) is 3.09. The van der Waals surface area contributed by atoms with Gasteiger partial charge in [-0.05, 0) is 6.42 Å². The summed E-state index contributed by atoms with van der Waals surface area (Å²) in [7, 11) is 0. The summed E-state index contributed by atoms with van der Waals surface area (Å²) >= 11 is 0. The first-order valence-electron chi connectivity index (χ1n) is 11.4. The second kappa shape index (κ2) is 21.5. The minimum atomic E-state index is 0.141. The van der Waals surface area contributed by atoms with Crippen molar-refractivity contribution in [3.63, 3.8) is 0 Å². The zero-order chi connectivity index (χ0) is 20.0. The van der Waals surface area contributed by atoms with Gasteiger partial charge in [0, 0.05) is 0 Å². The Morgan fingerprint density at radius 3 is 1.46 bits per heavy atom. The zero-order valence-corrected chi connectivity index (χ0v) is 18.2. The van der Waals surface area contributed by atoms with Crippen molar-refractivity contribution in [1.29, 1.82) is 0 Å². The number of hydrogen-bond donors (Lipinski definition) is 0. The van der Waals surface area contributed by atoms with Crippen molar-refractivity contribution >= 4 is 0 Å². The van der Waals surface area contributed by atoms with Crippen LogP contribution < -0.4 is 0 Å². The molecule has 0 spiro atoms. The van der Waals surface area contributed by atoms with Crippen LogP contribution in [0.1, 0.15) is 64.7 Å². The Kier molecular flexibility index (Phi) is 19.8. The van der Waals surface area contributed by atoms with Gasteiger partial charge < -0.3 is 28.4 Å². The molecule has 1 aliphatic rings. The Bertz CT molecular complexity index is 285. The highest BCUT2D eigenvalue weighted by atomic mass is 16.6. The van der Waals surface area contributed by atoms with Crippen LogP contribution >= 0.6 is 0 Å². The van der Waals surface area contributed by atoms with Crippen molar-refractivity contribution in [1.82, 2.24) is 0 Å². The molecule has 0 aromatic rings. The first kappa shape index (κ1) is 25.8. The maximum absolute atomic E-state index is 6.00. The fourth-order valence-electron chi connectivity index (χ4n) is 3.09. The van der Waals surface area contributed by atoms with E-state index in [4.69, 9.17) is 28.4 Å². The lowest BCUT2D eigenvalue weighted by atomic mass is 10.1. The molecule has 1 aliphatic heterocycles. The largest absolute Gasteiger partial charge is 0.377 e. The van der Waals surface area contributed by atoms with E-state index in [-0.39, 0.29) is 6.10 Å². The molecule has 0 bridgehead atoms.